The van der Waals surface area contributed by atoms with E-state index in [0.29, 0.717) is 17.5 Å². The van der Waals surface area contributed by atoms with E-state index >= 15 is 0 Å². The Balaban J connectivity index is 2.07. The summed E-state index contributed by atoms with van der Waals surface area (Å²) in [7, 11) is 0. The third kappa shape index (κ3) is 2.70. The normalized spacial score (nSPS) is 30.1. The largest absolute Gasteiger partial charge is 0.504 e. The first-order chi connectivity index (χ1) is 11.2. The topological polar surface area (TPSA) is 80.9 Å². The number of aromatic hydroxyl groups is 2. The maximum absolute atomic E-state index is 11.4. The number of aryl methyl sites for hydroxylation is 1. The summed E-state index contributed by atoms with van der Waals surface area (Å²) in [6.45, 7) is 6.21. The molecule has 1 aromatic carbocycles. The minimum Gasteiger partial charge on any atom is -0.504 e. The Hall–Kier alpha value is -1.26. The molecule has 0 saturated heterocycles. The molecular formula is C20H30O4. The number of benzene rings is 1. The number of phenols is 2. The van der Waals surface area contributed by atoms with Gasteiger partial charge in [0.2, 0.25) is 0 Å². The highest BCUT2D eigenvalue weighted by Gasteiger charge is 2.49. The monoisotopic (exact) mass is 334 g/mol. The molecule has 1 unspecified atom stereocenters. The smallest absolute Gasteiger partial charge is 0.161 e. The maximum atomic E-state index is 11.4. The lowest BCUT2D eigenvalue weighted by molar-refractivity contribution is -0.102. The van der Waals surface area contributed by atoms with Crippen LogP contribution >= 0.6 is 0 Å². The van der Waals surface area contributed by atoms with Crippen molar-refractivity contribution >= 4 is 0 Å². The number of fused-ring (bicyclic) bond motifs is 2. The van der Waals surface area contributed by atoms with Gasteiger partial charge in [0.25, 0.3) is 0 Å². The number of aliphatic hydroxyl groups is 2. The Bertz CT molecular complexity index is 637. The molecule has 24 heavy (non-hydrogen) atoms. The summed E-state index contributed by atoms with van der Waals surface area (Å²) in [6.07, 6.45) is 4.90. The molecule has 4 N–H and O–H groups in total. The van der Waals surface area contributed by atoms with E-state index in [1.807, 2.05) is 13.0 Å². The lowest BCUT2D eigenvalue weighted by Crippen LogP contribution is -2.50. The van der Waals surface area contributed by atoms with E-state index in [1.54, 1.807) is 0 Å². The Morgan fingerprint density at radius 3 is 2.58 bits per heavy atom. The van der Waals surface area contributed by atoms with Gasteiger partial charge in [-0.3, -0.25) is 0 Å². The number of hydrogen-bond donors (Lipinski definition) is 4. The van der Waals surface area contributed by atoms with Crippen molar-refractivity contribution in [3.63, 3.8) is 0 Å². The van der Waals surface area contributed by atoms with Gasteiger partial charge in [-0.25, -0.2) is 0 Å². The molecule has 0 aromatic heterocycles. The van der Waals surface area contributed by atoms with Crippen molar-refractivity contribution in [1.29, 1.82) is 0 Å². The van der Waals surface area contributed by atoms with E-state index in [0.717, 1.165) is 37.7 Å². The van der Waals surface area contributed by atoms with Gasteiger partial charge >= 0.3 is 0 Å². The standard InChI is InChI=1S/C20H30O4/c1-12(11-21)14-9-13-5-6-16-19(2,3)7-4-8-20(16,24)10-15(13)18(23)17(14)22/h9,12,16,21-24H,4-8,10-11H2,1-3H3/t12?,16-,20-/m0/s1. The summed E-state index contributed by atoms with van der Waals surface area (Å²) < 4.78 is 0. The van der Waals surface area contributed by atoms with Gasteiger partial charge in [-0.15, -0.1) is 0 Å². The first-order valence-corrected chi connectivity index (χ1v) is 9.09. The van der Waals surface area contributed by atoms with Gasteiger partial charge in [0.05, 0.1) is 5.60 Å². The van der Waals surface area contributed by atoms with Crippen molar-refractivity contribution in [2.45, 2.75) is 70.8 Å². The summed E-state index contributed by atoms with van der Waals surface area (Å²) in [6, 6.07) is 1.92. The zero-order chi connectivity index (χ0) is 17.7. The van der Waals surface area contributed by atoms with Crippen molar-refractivity contribution < 1.29 is 20.4 Å². The predicted octanol–water partition coefficient (Wildman–Crippen LogP) is 3.24. The van der Waals surface area contributed by atoms with Crippen LogP contribution in [0, 0.1) is 11.3 Å². The molecule has 1 saturated carbocycles. The number of phenolic OH excluding ortho intramolecular Hbond substituents is 2. The molecular weight excluding hydrogens is 304 g/mol. The molecule has 1 fully saturated rings. The predicted molar refractivity (Wildman–Crippen MR) is 93.4 cm³/mol. The Morgan fingerprint density at radius 2 is 1.92 bits per heavy atom. The van der Waals surface area contributed by atoms with E-state index in [1.165, 1.54) is 0 Å². The second-order valence-corrected chi connectivity index (χ2v) is 8.60. The van der Waals surface area contributed by atoms with E-state index in [4.69, 9.17) is 0 Å². The van der Waals surface area contributed by atoms with Gasteiger partial charge in [0, 0.05) is 30.1 Å². The van der Waals surface area contributed by atoms with Crippen LogP contribution in [-0.2, 0) is 12.8 Å². The molecule has 0 heterocycles. The van der Waals surface area contributed by atoms with Crippen LogP contribution in [-0.4, -0.2) is 32.6 Å². The Kier molecular flexibility index (Phi) is 4.33. The average Bonchev–Trinajstić information content (AvgIpc) is 2.67. The summed E-state index contributed by atoms with van der Waals surface area (Å²) in [5.41, 5.74) is 1.53. The van der Waals surface area contributed by atoms with Gasteiger partial charge in [0.15, 0.2) is 11.5 Å². The van der Waals surface area contributed by atoms with Crippen LogP contribution in [0.1, 0.15) is 69.1 Å². The van der Waals surface area contributed by atoms with Crippen LogP contribution < -0.4 is 0 Å². The minimum absolute atomic E-state index is 0.0773. The highest BCUT2D eigenvalue weighted by molar-refractivity contribution is 5.56. The number of aliphatic hydroxyl groups excluding tert-OH is 1. The molecule has 3 atom stereocenters. The first-order valence-electron chi connectivity index (χ1n) is 9.09. The fourth-order valence-electron chi connectivity index (χ4n) is 5.07. The Labute approximate surface area is 144 Å². The zero-order valence-corrected chi connectivity index (χ0v) is 15.0. The third-order valence-corrected chi connectivity index (χ3v) is 6.51. The lowest BCUT2D eigenvalue weighted by Gasteiger charge is -2.49. The molecule has 3 rings (SSSR count). The van der Waals surface area contributed by atoms with Gasteiger partial charge in [-0.2, -0.15) is 0 Å². The molecule has 0 radical (unpaired) electrons. The fraction of sp³-hybridized carbons (Fsp3) is 0.700. The van der Waals surface area contributed by atoms with E-state index in [2.05, 4.69) is 13.8 Å². The van der Waals surface area contributed by atoms with E-state index in [-0.39, 0.29) is 35.4 Å². The van der Waals surface area contributed by atoms with Crippen LogP contribution in [0.3, 0.4) is 0 Å². The van der Waals surface area contributed by atoms with Crippen molar-refractivity contribution in [2.75, 3.05) is 6.61 Å². The van der Waals surface area contributed by atoms with Crippen molar-refractivity contribution in [3.8, 4) is 11.5 Å². The maximum Gasteiger partial charge on any atom is 0.161 e. The third-order valence-electron chi connectivity index (χ3n) is 6.51. The molecule has 4 heteroatoms. The van der Waals surface area contributed by atoms with Gasteiger partial charge in [0.1, 0.15) is 0 Å². The second kappa shape index (κ2) is 5.92. The van der Waals surface area contributed by atoms with E-state index in [9.17, 15) is 20.4 Å². The van der Waals surface area contributed by atoms with Crippen LogP contribution in [0.4, 0.5) is 0 Å². The van der Waals surface area contributed by atoms with Crippen LogP contribution in [0.15, 0.2) is 6.07 Å². The van der Waals surface area contributed by atoms with Gasteiger partial charge < -0.3 is 20.4 Å². The quantitative estimate of drug-likeness (QED) is 0.626. The summed E-state index contributed by atoms with van der Waals surface area (Å²) in [4.78, 5) is 0. The number of rotatable bonds is 2. The van der Waals surface area contributed by atoms with Crippen LogP contribution in [0.25, 0.3) is 0 Å². The molecule has 2 aliphatic rings. The second-order valence-electron chi connectivity index (χ2n) is 8.60. The zero-order valence-electron chi connectivity index (χ0n) is 15.0. The van der Waals surface area contributed by atoms with Crippen LogP contribution in [0.2, 0.25) is 0 Å². The molecule has 1 aromatic rings. The molecule has 134 valence electrons. The molecule has 0 spiro atoms. The van der Waals surface area contributed by atoms with Crippen molar-refractivity contribution in [2.24, 2.45) is 11.3 Å². The van der Waals surface area contributed by atoms with Crippen molar-refractivity contribution in [3.05, 3.63) is 22.8 Å². The fourth-order valence-corrected chi connectivity index (χ4v) is 5.07. The average molecular weight is 334 g/mol. The SMILES string of the molecule is CC(CO)c1cc2c(c(O)c1O)C[C@@]1(O)CCCC(C)(C)[C@@H]1CC2. The highest BCUT2D eigenvalue weighted by atomic mass is 16.3. The summed E-state index contributed by atoms with van der Waals surface area (Å²) in [5, 5.41) is 41.7. The van der Waals surface area contributed by atoms with Crippen molar-refractivity contribution in [1.82, 2.24) is 0 Å². The van der Waals surface area contributed by atoms with Gasteiger partial charge in [-0.1, -0.05) is 33.3 Å². The molecule has 0 amide bonds. The van der Waals surface area contributed by atoms with Gasteiger partial charge in [-0.05, 0) is 42.6 Å². The first kappa shape index (κ1) is 17.6. The lowest BCUT2D eigenvalue weighted by atomic mass is 9.59. The molecule has 2 aliphatic carbocycles. The van der Waals surface area contributed by atoms with Crippen LogP contribution in [0.5, 0.6) is 11.5 Å². The highest BCUT2D eigenvalue weighted by Crippen LogP contribution is 2.53. The minimum atomic E-state index is -0.818. The molecule has 4 nitrogen and oxygen atoms in total. The molecule has 0 aliphatic heterocycles. The molecule has 0 bridgehead atoms. The Morgan fingerprint density at radius 1 is 1.21 bits per heavy atom. The summed E-state index contributed by atoms with van der Waals surface area (Å²) >= 11 is 0. The number of hydrogen-bond acceptors (Lipinski definition) is 4. The summed E-state index contributed by atoms with van der Waals surface area (Å²) in [5.74, 6) is -0.301. The van der Waals surface area contributed by atoms with E-state index < -0.39 is 5.60 Å².